The Labute approximate surface area is 93.4 Å². The van der Waals surface area contributed by atoms with Crippen molar-refractivity contribution >= 4 is 17.0 Å². The van der Waals surface area contributed by atoms with Crippen molar-refractivity contribution in [1.82, 2.24) is 9.97 Å². The van der Waals surface area contributed by atoms with E-state index in [1.54, 1.807) is 0 Å². The van der Waals surface area contributed by atoms with Crippen molar-refractivity contribution in [3.05, 3.63) is 29.6 Å². The van der Waals surface area contributed by atoms with Gasteiger partial charge in [0.25, 0.3) is 0 Å². The quantitative estimate of drug-likeness (QED) is 0.783. The number of aromatic nitrogens is 2. The molecule has 0 radical (unpaired) electrons. The highest BCUT2D eigenvalue weighted by Crippen LogP contribution is 2.35. The predicted octanol–water partition coefficient (Wildman–Crippen LogP) is 2.37. The van der Waals surface area contributed by atoms with E-state index in [0.717, 1.165) is 25.6 Å². The number of rotatable bonds is 1. The lowest BCUT2D eigenvalue weighted by Crippen LogP contribution is -2.08. The first kappa shape index (κ1) is 11.4. The van der Waals surface area contributed by atoms with Crippen LogP contribution in [0.5, 0.6) is 0 Å². The molecule has 0 aliphatic rings. The van der Waals surface area contributed by atoms with Crippen molar-refractivity contribution in [2.24, 2.45) is 0 Å². The summed E-state index contributed by atoms with van der Waals surface area (Å²) in [6.45, 7) is 0. The van der Waals surface area contributed by atoms with E-state index in [2.05, 4.69) is 14.7 Å². The average Bonchev–Trinajstić information content (AvgIpc) is 2.70. The number of nitrogens with zero attached hydrogens (tertiary/aromatic N) is 1. The number of hydrogen-bond donors (Lipinski definition) is 1. The van der Waals surface area contributed by atoms with Gasteiger partial charge in [-0.25, -0.2) is 9.78 Å². The molecule has 0 saturated heterocycles. The van der Waals surface area contributed by atoms with Crippen LogP contribution in [0.2, 0.25) is 0 Å². The van der Waals surface area contributed by atoms with Crippen LogP contribution in [-0.4, -0.2) is 23.0 Å². The molecule has 0 saturated carbocycles. The van der Waals surface area contributed by atoms with Crippen LogP contribution in [0.3, 0.4) is 0 Å². The van der Waals surface area contributed by atoms with Crippen LogP contribution in [0.15, 0.2) is 18.5 Å². The molecule has 7 heteroatoms. The Hall–Kier alpha value is -2.05. The summed E-state index contributed by atoms with van der Waals surface area (Å²) < 4.78 is 42.7. The number of pyridine rings is 1. The number of hydrogen-bond acceptors (Lipinski definition) is 3. The zero-order chi connectivity index (χ0) is 12.6. The van der Waals surface area contributed by atoms with Crippen molar-refractivity contribution in [3.63, 3.8) is 0 Å². The second-order valence-corrected chi connectivity index (χ2v) is 3.27. The van der Waals surface area contributed by atoms with Gasteiger partial charge in [0.1, 0.15) is 5.65 Å². The maximum atomic E-state index is 12.7. The standard InChI is InChI=1S/C10H7F3N2O2/c1-17-9(16)5-4-15-8-7(5)6(2-3-14-8)10(11,12)13/h2-4H,1H3,(H,14,15). The van der Waals surface area contributed by atoms with Gasteiger partial charge in [-0.05, 0) is 6.07 Å². The molecule has 0 atom stereocenters. The normalized spacial score (nSPS) is 11.8. The molecule has 0 unspecified atom stereocenters. The number of esters is 1. The van der Waals surface area contributed by atoms with Crippen LogP contribution < -0.4 is 0 Å². The molecule has 1 N–H and O–H groups in total. The summed E-state index contributed by atoms with van der Waals surface area (Å²) >= 11 is 0. The van der Waals surface area contributed by atoms with Crippen molar-refractivity contribution in [3.8, 4) is 0 Å². The van der Waals surface area contributed by atoms with Crippen molar-refractivity contribution in [2.45, 2.75) is 6.18 Å². The van der Waals surface area contributed by atoms with Crippen LogP contribution in [0.4, 0.5) is 13.2 Å². The summed E-state index contributed by atoms with van der Waals surface area (Å²) in [6.07, 6.45) is -2.37. The highest BCUT2D eigenvalue weighted by Gasteiger charge is 2.35. The van der Waals surface area contributed by atoms with Gasteiger partial charge in [0.05, 0.1) is 18.2 Å². The van der Waals surface area contributed by atoms with E-state index in [9.17, 15) is 18.0 Å². The third-order valence-electron chi connectivity index (χ3n) is 2.28. The number of nitrogens with one attached hydrogen (secondary N) is 1. The number of H-pyrrole nitrogens is 1. The zero-order valence-corrected chi connectivity index (χ0v) is 8.63. The zero-order valence-electron chi connectivity index (χ0n) is 8.63. The Kier molecular flexibility index (Phi) is 2.53. The molecule has 2 aromatic rings. The monoisotopic (exact) mass is 244 g/mol. The van der Waals surface area contributed by atoms with Gasteiger partial charge in [0.15, 0.2) is 0 Å². The maximum Gasteiger partial charge on any atom is 0.417 e. The highest BCUT2D eigenvalue weighted by molar-refractivity contribution is 6.04. The van der Waals surface area contributed by atoms with Gasteiger partial charge >= 0.3 is 12.1 Å². The summed E-state index contributed by atoms with van der Waals surface area (Å²) in [5.41, 5.74) is -1.09. The van der Waals surface area contributed by atoms with Crippen LogP contribution in [0.1, 0.15) is 15.9 Å². The fourth-order valence-corrected chi connectivity index (χ4v) is 1.56. The molecule has 0 amide bonds. The molecular formula is C10H7F3N2O2. The van der Waals surface area contributed by atoms with Crippen molar-refractivity contribution in [2.75, 3.05) is 7.11 Å². The van der Waals surface area contributed by atoms with Gasteiger partial charge in [-0.15, -0.1) is 0 Å². The molecule has 0 aromatic carbocycles. The lowest BCUT2D eigenvalue weighted by atomic mass is 10.1. The minimum atomic E-state index is -4.55. The number of carbonyl (C=O) groups is 1. The Balaban J connectivity index is 2.77. The number of halogens is 3. The van der Waals surface area contributed by atoms with Gasteiger partial charge < -0.3 is 9.72 Å². The highest BCUT2D eigenvalue weighted by atomic mass is 19.4. The van der Waals surface area contributed by atoms with Crippen LogP contribution in [-0.2, 0) is 10.9 Å². The fraction of sp³-hybridized carbons (Fsp3) is 0.200. The lowest BCUT2D eigenvalue weighted by Gasteiger charge is -2.08. The van der Waals surface area contributed by atoms with Crippen molar-refractivity contribution in [1.29, 1.82) is 0 Å². The molecule has 2 heterocycles. The van der Waals surface area contributed by atoms with Crippen molar-refractivity contribution < 1.29 is 22.7 Å². The first-order valence-electron chi connectivity index (χ1n) is 4.56. The predicted molar refractivity (Wildman–Crippen MR) is 52.4 cm³/mol. The van der Waals surface area contributed by atoms with E-state index >= 15 is 0 Å². The molecule has 0 aliphatic heterocycles. The van der Waals surface area contributed by atoms with Crippen LogP contribution in [0, 0.1) is 0 Å². The van der Waals surface area contributed by atoms with E-state index in [1.165, 1.54) is 0 Å². The summed E-state index contributed by atoms with van der Waals surface area (Å²) in [5.74, 6) is -0.838. The number of carbonyl (C=O) groups excluding carboxylic acids is 1. The lowest BCUT2D eigenvalue weighted by molar-refractivity contribution is -0.136. The van der Waals surface area contributed by atoms with Gasteiger partial charge in [0.2, 0.25) is 0 Å². The maximum absolute atomic E-state index is 12.7. The number of aromatic amines is 1. The molecule has 0 bridgehead atoms. The number of ether oxygens (including phenoxy) is 1. The van der Waals surface area contributed by atoms with E-state index in [0.29, 0.717) is 0 Å². The van der Waals surface area contributed by atoms with Gasteiger partial charge in [-0.3, -0.25) is 0 Å². The first-order chi connectivity index (χ1) is 7.95. The van der Waals surface area contributed by atoms with E-state index in [-0.39, 0.29) is 16.6 Å². The molecular weight excluding hydrogens is 237 g/mol. The van der Waals surface area contributed by atoms with E-state index in [4.69, 9.17) is 0 Å². The molecule has 17 heavy (non-hydrogen) atoms. The summed E-state index contributed by atoms with van der Waals surface area (Å²) in [6, 6.07) is 0.822. The summed E-state index contributed by atoms with van der Waals surface area (Å²) in [7, 11) is 1.10. The minimum Gasteiger partial charge on any atom is -0.465 e. The Morgan fingerprint density at radius 3 is 2.76 bits per heavy atom. The fourth-order valence-electron chi connectivity index (χ4n) is 1.56. The minimum absolute atomic E-state index is 0.000208. The Morgan fingerprint density at radius 1 is 1.47 bits per heavy atom. The largest absolute Gasteiger partial charge is 0.465 e. The number of alkyl halides is 3. The van der Waals surface area contributed by atoms with E-state index in [1.807, 2.05) is 0 Å². The van der Waals surface area contributed by atoms with E-state index < -0.39 is 17.7 Å². The Bertz CT molecular complexity index is 574. The average molecular weight is 244 g/mol. The van der Waals surface area contributed by atoms with Crippen LogP contribution in [0.25, 0.3) is 11.0 Å². The molecule has 2 rings (SSSR count). The molecule has 4 nitrogen and oxygen atoms in total. The third-order valence-corrected chi connectivity index (χ3v) is 2.28. The summed E-state index contributed by atoms with van der Waals surface area (Å²) in [5, 5.41) is -0.271. The van der Waals surface area contributed by atoms with Gasteiger partial charge in [-0.2, -0.15) is 13.2 Å². The third kappa shape index (κ3) is 1.83. The first-order valence-corrected chi connectivity index (χ1v) is 4.56. The number of fused-ring (bicyclic) bond motifs is 1. The van der Waals surface area contributed by atoms with Crippen LogP contribution >= 0.6 is 0 Å². The van der Waals surface area contributed by atoms with Gasteiger partial charge in [-0.1, -0.05) is 0 Å². The second-order valence-electron chi connectivity index (χ2n) is 3.27. The second kappa shape index (κ2) is 3.76. The SMILES string of the molecule is COC(=O)c1c[nH]c2nccc(C(F)(F)F)c12. The molecule has 0 aliphatic carbocycles. The van der Waals surface area contributed by atoms with Gasteiger partial charge in [0, 0.05) is 17.8 Å². The Morgan fingerprint density at radius 2 is 2.18 bits per heavy atom. The molecule has 0 fully saturated rings. The smallest absolute Gasteiger partial charge is 0.417 e. The topological polar surface area (TPSA) is 55.0 Å². The molecule has 0 spiro atoms. The number of methoxy groups -OCH3 is 1. The molecule has 2 aromatic heterocycles. The molecule has 90 valence electrons. The summed E-state index contributed by atoms with van der Waals surface area (Å²) in [4.78, 5) is 17.6.